The minimum absolute atomic E-state index is 0.0106. The molecule has 0 bridgehead atoms. The molecule has 2 fully saturated rings. The highest BCUT2D eigenvalue weighted by Gasteiger charge is 2.42. The molecule has 0 aromatic carbocycles. The highest BCUT2D eigenvalue weighted by Crippen LogP contribution is 2.24. The molecule has 3 heterocycles. The first kappa shape index (κ1) is 15.8. The average Bonchev–Trinajstić information content (AvgIpc) is 3.00. The number of likely N-dealkylation sites (N-methyl/N-ethyl adjacent to an activating group) is 1. The fraction of sp³-hybridized carbons (Fsp3) is 0.533. The Bertz CT molecular complexity index is 612. The molecule has 0 unspecified atom stereocenters. The molecule has 0 spiro atoms. The summed E-state index contributed by atoms with van der Waals surface area (Å²) in [5.74, 6) is -1.08. The maximum atomic E-state index is 13.8. The molecule has 2 aliphatic heterocycles. The van der Waals surface area contributed by atoms with E-state index in [1.165, 1.54) is 12.3 Å². The van der Waals surface area contributed by atoms with Crippen LogP contribution >= 0.6 is 0 Å². The molecule has 0 radical (unpaired) electrons. The predicted octanol–water partition coefficient (Wildman–Crippen LogP) is -0.508. The molecule has 8 heteroatoms. The van der Waals surface area contributed by atoms with Crippen LogP contribution in [0.4, 0.5) is 4.39 Å². The van der Waals surface area contributed by atoms with Crippen LogP contribution in [0.3, 0.4) is 0 Å². The lowest BCUT2D eigenvalue weighted by Crippen LogP contribution is -2.53. The Kier molecular flexibility index (Phi) is 4.53. The maximum Gasteiger partial charge on any atom is 0.257 e. The molecule has 124 valence electrons. The van der Waals surface area contributed by atoms with Crippen LogP contribution in [0.2, 0.25) is 0 Å². The number of hydrogen-bond acceptors (Lipinski definition) is 5. The standard InChI is InChI=1S/C15H19FN4O3/c1-17-14(21)9-19-4-5-23-13-8-20(7-12(13)19)15(22)10-2-3-18-6-11(10)16/h2-3,6,12-13H,4-5,7-9H2,1H3,(H,17,21)/t12-,13+/m1/s1. The Hall–Kier alpha value is -2.06. The number of rotatable bonds is 3. The topological polar surface area (TPSA) is 74.8 Å². The van der Waals surface area contributed by atoms with Crippen LogP contribution in [0.1, 0.15) is 10.4 Å². The Balaban J connectivity index is 1.72. The minimum Gasteiger partial charge on any atom is -0.373 e. The smallest absolute Gasteiger partial charge is 0.257 e. The Morgan fingerprint density at radius 3 is 3.04 bits per heavy atom. The number of carbonyl (C=O) groups is 2. The number of aromatic nitrogens is 1. The third-order valence-electron chi connectivity index (χ3n) is 4.33. The van der Waals surface area contributed by atoms with Crippen molar-refractivity contribution in [2.45, 2.75) is 12.1 Å². The molecule has 7 nitrogen and oxygen atoms in total. The van der Waals surface area contributed by atoms with E-state index in [4.69, 9.17) is 4.74 Å². The fourth-order valence-electron chi connectivity index (χ4n) is 3.10. The first-order valence-corrected chi connectivity index (χ1v) is 7.55. The number of pyridine rings is 1. The lowest BCUT2D eigenvalue weighted by Gasteiger charge is -2.35. The number of likely N-dealkylation sites (tertiary alicyclic amines) is 1. The van der Waals surface area contributed by atoms with Crippen LogP contribution in [0.15, 0.2) is 18.5 Å². The largest absolute Gasteiger partial charge is 0.373 e. The Labute approximate surface area is 133 Å². The van der Waals surface area contributed by atoms with E-state index in [1.807, 2.05) is 4.90 Å². The number of morpholine rings is 1. The van der Waals surface area contributed by atoms with Gasteiger partial charge in [0.1, 0.15) is 0 Å². The number of nitrogens with zero attached hydrogens (tertiary/aromatic N) is 3. The van der Waals surface area contributed by atoms with E-state index in [0.29, 0.717) is 26.2 Å². The monoisotopic (exact) mass is 322 g/mol. The number of hydrogen-bond donors (Lipinski definition) is 1. The zero-order chi connectivity index (χ0) is 16.4. The van der Waals surface area contributed by atoms with Crippen molar-refractivity contribution in [2.24, 2.45) is 0 Å². The lowest BCUT2D eigenvalue weighted by atomic mass is 10.1. The predicted molar refractivity (Wildman–Crippen MR) is 79.3 cm³/mol. The van der Waals surface area contributed by atoms with Crippen molar-refractivity contribution in [1.29, 1.82) is 0 Å². The van der Waals surface area contributed by atoms with Gasteiger partial charge >= 0.3 is 0 Å². The third-order valence-corrected chi connectivity index (χ3v) is 4.33. The Morgan fingerprint density at radius 1 is 1.48 bits per heavy atom. The van der Waals surface area contributed by atoms with Gasteiger partial charge in [0.05, 0.1) is 37.1 Å². The van der Waals surface area contributed by atoms with Gasteiger partial charge in [-0.1, -0.05) is 0 Å². The summed E-state index contributed by atoms with van der Waals surface area (Å²) in [6.45, 7) is 2.24. The molecule has 0 saturated carbocycles. The second kappa shape index (κ2) is 6.59. The molecule has 1 N–H and O–H groups in total. The van der Waals surface area contributed by atoms with Gasteiger partial charge < -0.3 is 15.0 Å². The van der Waals surface area contributed by atoms with Gasteiger partial charge in [-0.2, -0.15) is 0 Å². The molecule has 2 saturated heterocycles. The van der Waals surface area contributed by atoms with E-state index in [9.17, 15) is 14.0 Å². The molecule has 2 aliphatic rings. The van der Waals surface area contributed by atoms with Crippen LogP contribution in [0.5, 0.6) is 0 Å². The van der Waals surface area contributed by atoms with Gasteiger partial charge in [-0.15, -0.1) is 0 Å². The summed E-state index contributed by atoms with van der Waals surface area (Å²) in [5, 5.41) is 2.60. The average molecular weight is 322 g/mol. The summed E-state index contributed by atoms with van der Waals surface area (Å²) < 4.78 is 19.5. The highest BCUT2D eigenvalue weighted by molar-refractivity contribution is 5.94. The molecule has 1 aromatic rings. The van der Waals surface area contributed by atoms with Gasteiger partial charge in [-0.25, -0.2) is 4.39 Å². The van der Waals surface area contributed by atoms with Gasteiger partial charge in [-0.05, 0) is 6.07 Å². The normalized spacial score (nSPS) is 24.3. The van der Waals surface area contributed by atoms with Gasteiger partial charge in [0.25, 0.3) is 5.91 Å². The van der Waals surface area contributed by atoms with Gasteiger partial charge in [0.15, 0.2) is 5.82 Å². The molecule has 0 aliphatic carbocycles. The van der Waals surface area contributed by atoms with Crippen LogP contribution in [0.25, 0.3) is 0 Å². The van der Waals surface area contributed by atoms with E-state index in [0.717, 1.165) is 6.20 Å². The van der Waals surface area contributed by atoms with Gasteiger partial charge in [-0.3, -0.25) is 19.5 Å². The number of fused-ring (bicyclic) bond motifs is 1. The molecular weight excluding hydrogens is 303 g/mol. The summed E-state index contributed by atoms with van der Waals surface area (Å²) in [6, 6.07) is 1.33. The minimum atomic E-state index is -0.629. The highest BCUT2D eigenvalue weighted by atomic mass is 19.1. The molecule has 3 rings (SSSR count). The van der Waals surface area contributed by atoms with Crippen molar-refractivity contribution < 1.29 is 18.7 Å². The maximum absolute atomic E-state index is 13.8. The second-order valence-electron chi connectivity index (χ2n) is 5.69. The van der Waals surface area contributed by atoms with Crippen molar-refractivity contribution in [2.75, 3.05) is 39.8 Å². The fourth-order valence-corrected chi connectivity index (χ4v) is 3.10. The summed E-state index contributed by atoms with van der Waals surface area (Å²) in [4.78, 5) is 31.4. The number of amides is 2. The van der Waals surface area contributed by atoms with Crippen LogP contribution in [-0.2, 0) is 9.53 Å². The van der Waals surface area contributed by atoms with Crippen LogP contribution < -0.4 is 5.32 Å². The van der Waals surface area contributed by atoms with Gasteiger partial charge in [0, 0.05) is 32.9 Å². The first-order valence-electron chi connectivity index (χ1n) is 7.55. The van der Waals surface area contributed by atoms with Crippen LogP contribution in [0, 0.1) is 5.82 Å². The zero-order valence-corrected chi connectivity index (χ0v) is 12.9. The molecule has 2 atom stereocenters. The number of nitrogens with one attached hydrogen (secondary N) is 1. The summed E-state index contributed by atoms with van der Waals surface area (Å²) in [7, 11) is 1.59. The quantitative estimate of drug-likeness (QED) is 0.811. The number of carbonyl (C=O) groups excluding carboxylic acids is 2. The van der Waals surface area contributed by atoms with Crippen molar-refractivity contribution in [3.05, 3.63) is 29.8 Å². The zero-order valence-electron chi connectivity index (χ0n) is 12.9. The van der Waals surface area contributed by atoms with Crippen LogP contribution in [-0.4, -0.2) is 78.6 Å². The van der Waals surface area contributed by atoms with Gasteiger partial charge in [0.2, 0.25) is 5.91 Å². The molecule has 1 aromatic heterocycles. The number of ether oxygens (including phenoxy) is 1. The molecule has 23 heavy (non-hydrogen) atoms. The van der Waals surface area contributed by atoms with Crippen molar-refractivity contribution in [3.8, 4) is 0 Å². The second-order valence-corrected chi connectivity index (χ2v) is 5.69. The van der Waals surface area contributed by atoms with E-state index >= 15 is 0 Å². The van der Waals surface area contributed by atoms with E-state index in [-0.39, 0.29) is 36.1 Å². The van der Waals surface area contributed by atoms with Crippen molar-refractivity contribution in [3.63, 3.8) is 0 Å². The van der Waals surface area contributed by atoms with E-state index in [2.05, 4.69) is 10.3 Å². The van der Waals surface area contributed by atoms with Crippen molar-refractivity contribution >= 4 is 11.8 Å². The summed E-state index contributed by atoms with van der Waals surface area (Å²) in [6.07, 6.45) is 2.28. The third kappa shape index (κ3) is 3.18. The number of halogens is 1. The van der Waals surface area contributed by atoms with Crippen molar-refractivity contribution in [1.82, 2.24) is 20.1 Å². The summed E-state index contributed by atoms with van der Waals surface area (Å²) in [5.41, 5.74) is 0.0106. The molecular formula is C15H19FN4O3. The van der Waals surface area contributed by atoms with E-state index < -0.39 is 5.82 Å². The summed E-state index contributed by atoms with van der Waals surface area (Å²) >= 11 is 0. The molecule has 2 amide bonds. The Morgan fingerprint density at radius 2 is 2.30 bits per heavy atom. The SMILES string of the molecule is CNC(=O)CN1CCO[C@H]2CN(C(=O)c3ccncc3F)C[C@H]21. The first-order chi connectivity index (χ1) is 11.1. The lowest BCUT2D eigenvalue weighted by molar-refractivity contribution is -0.125. The van der Waals surface area contributed by atoms with E-state index in [1.54, 1.807) is 11.9 Å².